The van der Waals surface area contributed by atoms with Crippen LogP contribution >= 0.6 is 11.6 Å². The van der Waals surface area contributed by atoms with Crippen molar-refractivity contribution >= 4 is 23.3 Å². The molecule has 2 aromatic heterocycles. The van der Waals surface area contributed by atoms with E-state index in [1.165, 1.54) is 0 Å². The molecule has 0 radical (unpaired) electrons. The van der Waals surface area contributed by atoms with Crippen LogP contribution in [-0.2, 0) is 6.54 Å². The highest BCUT2D eigenvalue weighted by molar-refractivity contribution is 6.31. The molecule has 6 rings (SSSR count). The van der Waals surface area contributed by atoms with Crippen LogP contribution in [0, 0.1) is 13.8 Å². The minimum Gasteiger partial charge on any atom is -0.307 e. The molecule has 1 atom stereocenters. The Bertz CT molecular complexity index is 1590. The Morgan fingerprint density at radius 3 is 2.43 bits per heavy atom. The van der Waals surface area contributed by atoms with Crippen LogP contribution in [0.25, 0.3) is 11.5 Å². The third-order valence-electron chi connectivity index (χ3n) is 6.90. The fourth-order valence-electron chi connectivity index (χ4n) is 5.05. The summed E-state index contributed by atoms with van der Waals surface area (Å²) in [6, 6.07) is 29.3. The number of carbonyl (C=O) groups excluding carboxylic acids is 1. The number of amides is 2. The molecule has 3 heterocycles. The summed E-state index contributed by atoms with van der Waals surface area (Å²) in [6.45, 7) is 4.35. The van der Waals surface area contributed by atoms with Crippen LogP contribution in [-0.4, -0.2) is 25.3 Å². The van der Waals surface area contributed by atoms with Gasteiger partial charge < -0.3 is 14.8 Å². The zero-order valence-corrected chi connectivity index (χ0v) is 21.4. The van der Waals surface area contributed by atoms with Gasteiger partial charge in [-0.3, -0.25) is 0 Å². The van der Waals surface area contributed by atoms with Crippen molar-refractivity contribution in [2.45, 2.75) is 26.4 Å². The Labute approximate surface area is 220 Å². The van der Waals surface area contributed by atoms with Gasteiger partial charge in [0.1, 0.15) is 5.82 Å². The molecule has 5 aromatic rings. The van der Waals surface area contributed by atoms with E-state index in [1.807, 2.05) is 96.4 Å². The van der Waals surface area contributed by atoms with Crippen LogP contribution in [0.5, 0.6) is 0 Å². The molecule has 0 saturated carbocycles. The first-order chi connectivity index (χ1) is 18.0. The molecule has 184 valence electrons. The third-order valence-corrected chi connectivity index (χ3v) is 7.14. The van der Waals surface area contributed by atoms with Gasteiger partial charge in [-0.1, -0.05) is 66.2 Å². The third kappa shape index (κ3) is 4.09. The minimum atomic E-state index is -0.313. The molecule has 0 bridgehead atoms. The van der Waals surface area contributed by atoms with E-state index in [2.05, 4.69) is 28.1 Å². The lowest BCUT2D eigenvalue weighted by atomic mass is 10.0. The van der Waals surface area contributed by atoms with Crippen molar-refractivity contribution in [3.63, 3.8) is 0 Å². The van der Waals surface area contributed by atoms with Crippen LogP contribution in [0.2, 0.25) is 5.02 Å². The number of nitrogens with one attached hydrogen (secondary N) is 1. The lowest BCUT2D eigenvalue weighted by Gasteiger charge is -2.31. The van der Waals surface area contributed by atoms with E-state index in [0.717, 1.165) is 39.6 Å². The Morgan fingerprint density at radius 2 is 1.68 bits per heavy atom. The molecule has 7 heteroatoms. The fraction of sp³-hybridized carbons (Fsp3) is 0.133. The van der Waals surface area contributed by atoms with Gasteiger partial charge >= 0.3 is 6.03 Å². The van der Waals surface area contributed by atoms with Crippen LogP contribution in [0.15, 0.2) is 97.2 Å². The summed E-state index contributed by atoms with van der Waals surface area (Å²) < 4.78 is 4.14. The zero-order valence-electron chi connectivity index (χ0n) is 20.6. The largest absolute Gasteiger partial charge is 0.322 e. The molecule has 1 N–H and O–H groups in total. The quantitative estimate of drug-likeness (QED) is 0.284. The molecule has 3 aromatic carbocycles. The number of benzene rings is 3. The van der Waals surface area contributed by atoms with Gasteiger partial charge in [-0.15, -0.1) is 0 Å². The minimum absolute atomic E-state index is 0.202. The molecule has 6 nitrogen and oxygen atoms in total. The van der Waals surface area contributed by atoms with Gasteiger partial charge in [0.2, 0.25) is 0 Å². The van der Waals surface area contributed by atoms with Gasteiger partial charge in [-0.2, -0.15) is 5.10 Å². The van der Waals surface area contributed by atoms with Gasteiger partial charge in [0.15, 0.2) is 0 Å². The van der Waals surface area contributed by atoms with Crippen molar-refractivity contribution < 1.29 is 4.79 Å². The summed E-state index contributed by atoms with van der Waals surface area (Å²) in [7, 11) is 0. The second-order valence-electron chi connectivity index (χ2n) is 9.27. The van der Waals surface area contributed by atoms with Crippen molar-refractivity contribution in [1.29, 1.82) is 0 Å². The summed E-state index contributed by atoms with van der Waals surface area (Å²) >= 11 is 6.26. The average Bonchev–Trinajstić information content (AvgIpc) is 3.47. The highest BCUT2D eigenvalue weighted by atomic mass is 35.5. The molecule has 0 saturated heterocycles. The summed E-state index contributed by atoms with van der Waals surface area (Å²) in [5, 5.41) is 8.61. The Kier molecular flexibility index (Phi) is 5.81. The highest BCUT2D eigenvalue weighted by Crippen LogP contribution is 2.38. The number of aromatic nitrogens is 3. The van der Waals surface area contributed by atoms with Gasteiger partial charge in [0.25, 0.3) is 0 Å². The summed E-state index contributed by atoms with van der Waals surface area (Å²) in [6.07, 6.45) is 2.05. The number of hydrogen-bond donors (Lipinski definition) is 1. The van der Waals surface area contributed by atoms with Gasteiger partial charge in [-0.25, -0.2) is 9.48 Å². The van der Waals surface area contributed by atoms with E-state index in [1.54, 1.807) is 6.07 Å². The van der Waals surface area contributed by atoms with Gasteiger partial charge in [-0.05, 0) is 61.4 Å². The van der Waals surface area contributed by atoms with E-state index in [4.69, 9.17) is 16.7 Å². The zero-order chi connectivity index (χ0) is 25.5. The molecule has 37 heavy (non-hydrogen) atoms. The maximum Gasteiger partial charge on any atom is 0.322 e. The lowest BCUT2D eigenvalue weighted by Crippen LogP contribution is -2.38. The van der Waals surface area contributed by atoms with Crippen LogP contribution in [0.1, 0.15) is 34.1 Å². The first-order valence-corrected chi connectivity index (χ1v) is 12.6. The molecule has 1 aliphatic rings. The number of hydrogen-bond acceptors (Lipinski definition) is 2. The van der Waals surface area contributed by atoms with Crippen molar-refractivity contribution in [1.82, 2.24) is 19.2 Å². The number of fused-ring (bicyclic) bond motifs is 3. The summed E-state index contributed by atoms with van der Waals surface area (Å²) in [5.41, 5.74) is 6.50. The SMILES string of the molecule is Cc1ccc(Cl)cc1NC(=O)N1Cc2c(C)nn(-c3ccccc3)c2-n2cccc2[C@H]1c1ccccc1. The van der Waals surface area contributed by atoms with Crippen LogP contribution < -0.4 is 5.32 Å². The number of aryl methyl sites for hydroxylation is 2. The van der Waals surface area contributed by atoms with Gasteiger partial charge in [0, 0.05) is 22.5 Å². The molecular weight excluding hydrogens is 482 g/mol. The predicted molar refractivity (Wildman–Crippen MR) is 147 cm³/mol. The average molecular weight is 508 g/mol. The Hall–Kier alpha value is -4.29. The predicted octanol–water partition coefficient (Wildman–Crippen LogP) is 7.07. The number of halogens is 1. The Balaban J connectivity index is 1.53. The van der Waals surface area contributed by atoms with Crippen molar-refractivity contribution in [2.24, 2.45) is 0 Å². The molecular formula is C30H26ClN5O. The van der Waals surface area contributed by atoms with E-state index in [-0.39, 0.29) is 12.1 Å². The first-order valence-electron chi connectivity index (χ1n) is 12.2. The summed E-state index contributed by atoms with van der Waals surface area (Å²) in [4.78, 5) is 15.9. The fourth-order valence-corrected chi connectivity index (χ4v) is 5.22. The molecule has 0 unspecified atom stereocenters. The number of urea groups is 1. The van der Waals surface area contributed by atoms with E-state index < -0.39 is 0 Å². The van der Waals surface area contributed by atoms with Crippen LogP contribution in [0.3, 0.4) is 0 Å². The van der Waals surface area contributed by atoms with E-state index in [9.17, 15) is 4.79 Å². The first kappa shape index (κ1) is 23.1. The number of anilines is 1. The molecule has 0 aliphatic carbocycles. The molecule has 0 spiro atoms. The second kappa shape index (κ2) is 9.30. The number of para-hydroxylation sites is 1. The van der Waals surface area contributed by atoms with Crippen molar-refractivity contribution in [3.05, 3.63) is 130 Å². The number of rotatable bonds is 3. The van der Waals surface area contributed by atoms with Crippen LogP contribution in [0.4, 0.5) is 10.5 Å². The van der Waals surface area contributed by atoms with Crippen molar-refractivity contribution in [3.8, 4) is 11.5 Å². The van der Waals surface area contributed by atoms with Crippen molar-refractivity contribution in [2.75, 3.05) is 5.32 Å². The topological polar surface area (TPSA) is 55.1 Å². The number of nitrogens with zero attached hydrogens (tertiary/aromatic N) is 4. The van der Waals surface area contributed by atoms with E-state index >= 15 is 0 Å². The lowest BCUT2D eigenvalue weighted by molar-refractivity contribution is 0.194. The summed E-state index contributed by atoms with van der Waals surface area (Å²) in [5.74, 6) is 0.943. The van der Waals surface area contributed by atoms with Gasteiger partial charge in [0.05, 0.1) is 29.7 Å². The monoisotopic (exact) mass is 507 g/mol. The Morgan fingerprint density at radius 1 is 0.946 bits per heavy atom. The molecule has 0 fully saturated rings. The normalized spacial score (nSPS) is 14.6. The maximum atomic E-state index is 14.0. The molecule has 2 amide bonds. The number of carbonyl (C=O) groups is 1. The maximum absolute atomic E-state index is 14.0. The highest BCUT2D eigenvalue weighted by Gasteiger charge is 2.36. The smallest absolute Gasteiger partial charge is 0.307 e. The van der Waals surface area contributed by atoms with E-state index in [0.29, 0.717) is 17.3 Å². The molecule has 1 aliphatic heterocycles. The standard InChI is InChI=1S/C30H26ClN5O/c1-20-15-16-23(31)18-26(20)32-30(37)35-19-25-21(2)33-36(24-12-7-4-8-13-24)29(25)34-17-9-14-27(34)28(35)22-10-5-3-6-11-22/h3-18,28H,19H2,1-2H3,(H,32,37)/t28-/m1/s1. The second-order valence-corrected chi connectivity index (χ2v) is 9.70.